The molecule has 0 aliphatic carbocycles. The summed E-state index contributed by atoms with van der Waals surface area (Å²) < 4.78 is 71.9. The Labute approximate surface area is 222 Å². The summed E-state index contributed by atoms with van der Waals surface area (Å²) in [6, 6.07) is 10.8. The smallest absolute Gasteiger partial charge is 0.406 e. The summed E-state index contributed by atoms with van der Waals surface area (Å²) in [5.74, 6) is 1.73. The second kappa shape index (κ2) is 10.3. The van der Waals surface area contributed by atoms with Crippen molar-refractivity contribution >= 4 is 15.7 Å². The molecule has 0 bridgehead atoms. The average Bonchev–Trinajstić information content (AvgIpc) is 3.51. The number of pyridine rings is 1. The zero-order valence-corrected chi connectivity index (χ0v) is 21.9. The third-order valence-corrected chi connectivity index (χ3v) is 8.17. The van der Waals surface area contributed by atoms with Crippen molar-refractivity contribution < 1.29 is 30.8 Å². The lowest BCUT2D eigenvalue weighted by atomic mass is 10.1. The third-order valence-electron chi connectivity index (χ3n) is 6.48. The molecule has 4 aromatic rings. The minimum Gasteiger partial charge on any atom is -0.406 e. The highest BCUT2D eigenvalue weighted by Gasteiger charge is 2.31. The van der Waals surface area contributed by atoms with Crippen LogP contribution in [0.2, 0.25) is 0 Å². The molecule has 4 heterocycles. The predicted molar refractivity (Wildman–Crippen MR) is 136 cm³/mol. The van der Waals surface area contributed by atoms with Crippen molar-refractivity contribution in [2.45, 2.75) is 37.9 Å². The number of hydrogen-bond donors (Lipinski definition) is 0. The lowest BCUT2D eigenvalue weighted by Crippen LogP contribution is -2.39. The van der Waals surface area contributed by atoms with Gasteiger partial charge in [0.25, 0.3) is 0 Å². The van der Waals surface area contributed by atoms with Gasteiger partial charge in [-0.05, 0) is 61.7 Å². The van der Waals surface area contributed by atoms with Crippen LogP contribution in [0.4, 0.5) is 19.0 Å². The molecule has 0 N–H and O–H groups in total. The van der Waals surface area contributed by atoms with Gasteiger partial charge in [0.15, 0.2) is 0 Å². The van der Waals surface area contributed by atoms with E-state index in [2.05, 4.69) is 29.9 Å². The molecule has 0 radical (unpaired) electrons. The highest BCUT2D eigenvalue weighted by atomic mass is 32.2. The van der Waals surface area contributed by atoms with Crippen LogP contribution in [0.15, 0.2) is 53.2 Å². The summed E-state index contributed by atoms with van der Waals surface area (Å²) >= 11 is 0. The zero-order valence-electron chi connectivity index (χ0n) is 21.1. The second-order valence-corrected chi connectivity index (χ2v) is 11.7. The molecule has 39 heavy (non-hydrogen) atoms. The van der Waals surface area contributed by atoms with Crippen LogP contribution in [0.5, 0.6) is 5.75 Å². The summed E-state index contributed by atoms with van der Waals surface area (Å²) in [6.07, 6.45) is -0.620. The van der Waals surface area contributed by atoms with E-state index in [9.17, 15) is 21.6 Å². The van der Waals surface area contributed by atoms with E-state index in [1.54, 1.807) is 16.9 Å². The monoisotopic (exact) mass is 562 g/mol. The van der Waals surface area contributed by atoms with Crippen molar-refractivity contribution in [3.8, 4) is 28.6 Å². The zero-order chi connectivity index (χ0) is 27.8. The fraction of sp³-hybridized carbons (Fsp3) is 0.360. The maximum Gasteiger partial charge on any atom is 0.573 e. The van der Waals surface area contributed by atoms with Crippen molar-refractivity contribution in [3.63, 3.8) is 0 Å². The maximum atomic E-state index is 12.4. The molecule has 0 unspecified atom stereocenters. The Morgan fingerprint density at radius 1 is 1.10 bits per heavy atom. The average molecular weight is 563 g/mol. The number of anilines is 1. The Morgan fingerprint density at radius 2 is 1.82 bits per heavy atom. The summed E-state index contributed by atoms with van der Waals surface area (Å²) in [4.78, 5) is 11.0. The number of hydrogen-bond acceptors (Lipinski definition) is 9. The van der Waals surface area contributed by atoms with Gasteiger partial charge in [-0.15, -0.1) is 18.3 Å². The van der Waals surface area contributed by atoms with Crippen molar-refractivity contribution in [2.24, 2.45) is 0 Å². The van der Waals surface area contributed by atoms with Crippen LogP contribution in [-0.2, 0) is 16.4 Å². The molecule has 1 aliphatic heterocycles. The van der Waals surface area contributed by atoms with E-state index in [1.165, 1.54) is 30.5 Å². The van der Waals surface area contributed by atoms with Crippen LogP contribution in [-0.4, -0.2) is 64.3 Å². The van der Waals surface area contributed by atoms with Crippen LogP contribution in [0.3, 0.4) is 0 Å². The van der Waals surface area contributed by atoms with Gasteiger partial charge in [-0.1, -0.05) is 5.16 Å². The molecule has 206 valence electrons. The SMILES string of the molecule is Cc1nc(-c2cc(-c3ccc(OC(F)(F)F)cc3)no2)nn1Cc1ccnc(N2CCC(S(C)(=O)=O)CC2)c1. The Kier molecular flexibility index (Phi) is 7.05. The second-order valence-electron chi connectivity index (χ2n) is 9.33. The molecule has 5 rings (SSSR count). The molecule has 1 aromatic carbocycles. The van der Waals surface area contributed by atoms with E-state index in [4.69, 9.17) is 4.52 Å². The van der Waals surface area contributed by atoms with Gasteiger partial charge in [-0.3, -0.25) is 0 Å². The number of piperidine rings is 1. The van der Waals surface area contributed by atoms with Gasteiger partial charge in [0, 0.05) is 37.2 Å². The van der Waals surface area contributed by atoms with E-state index in [1.807, 2.05) is 19.1 Å². The van der Waals surface area contributed by atoms with Crippen molar-refractivity contribution in [3.05, 3.63) is 60.0 Å². The van der Waals surface area contributed by atoms with E-state index < -0.39 is 16.2 Å². The van der Waals surface area contributed by atoms with Crippen molar-refractivity contribution in [2.75, 3.05) is 24.2 Å². The van der Waals surface area contributed by atoms with Crippen molar-refractivity contribution in [1.29, 1.82) is 0 Å². The van der Waals surface area contributed by atoms with E-state index in [-0.39, 0.29) is 11.0 Å². The highest BCUT2D eigenvalue weighted by molar-refractivity contribution is 7.91. The van der Waals surface area contributed by atoms with Gasteiger partial charge in [-0.2, -0.15) is 0 Å². The van der Waals surface area contributed by atoms with Crippen LogP contribution < -0.4 is 9.64 Å². The molecular weight excluding hydrogens is 537 g/mol. The highest BCUT2D eigenvalue weighted by Crippen LogP contribution is 2.28. The first-order chi connectivity index (χ1) is 18.4. The van der Waals surface area contributed by atoms with Gasteiger partial charge in [0.1, 0.15) is 32.9 Å². The quantitative estimate of drug-likeness (QED) is 0.326. The summed E-state index contributed by atoms with van der Waals surface area (Å²) in [6.45, 7) is 3.47. The third kappa shape index (κ3) is 6.38. The number of alkyl halides is 3. The fourth-order valence-electron chi connectivity index (χ4n) is 4.44. The first-order valence-corrected chi connectivity index (χ1v) is 14.0. The van der Waals surface area contributed by atoms with Gasteiger partial charge in [0.05, 0.1) is 11.8 Å². The molecule has 14 heteroatoms. The maximum absolute atomic E-state index is 12.4. The molecule has 0 spiro atoms. The van der Waals surface area contributed by atoms with Gasteiger partial charge in [0.2, 0.25) is 11.6 Å². The van der Waals surface area contributed by atoms with E-state index in [0.717, 1.165) is 11.4 Å². The molecule has 0 atom stereocenters. The first kappa shape index (κ1) is 26.7. The van der Waals surface area contributed by atoms with Gasteiger partial charge < -0.3 is 14.2 Å². The lowest BCUT2D eigenvalue weighted by molar-refractivity contribution is -0.274. The van der Waals surface area contributed by atoms with E-state index in [0.29, 0.717) is 61.1 Å². The Morgan fingerprint density at radius 3 is 2.49 bits per heavy atom. The van der Waals surface area contributed by atoms with Crippen molar-refractivity contribution in [1.82, 2.24) is 24.9 Å². The Hall–Kier alpha value is -3.94. The van der Waals surface area contributed by atoms with Gasteiger partial charge in [-0.25, -0.2) is 23.1 Å². The minimum atomic E-state index is -4.76. The summed E-state index contributed by atoms with van der Waals surface area (Å²) in [5.41, 5.74) is 1.90. The Bertz CT molecular complexity index is 1560. The number of nitrogens with zero attached hydrogens (tertiary/aromatic N) is 6. The molecule has 1 fully saturated rings. The van der Waals surface area contributed by atoms with Crippen LogP contribution in [0.25, 0.3) is 22.8 Å². The number of aromatic nitrogens is 5. The largest absolute Gasteiger partial charge is 0.573 e. The fourth-order valence-corrected chi connectivity index (χ4v) is 5.50. The number of aryl methyl sites for hydroxylation is 1. The summed E-state index contributed by atoms with van der Waals surface area (Å²) in [7, 11) is -3.05. The Balaban J connectivity index is 1.27. The number of ether oxygens (including phenoxy) is 1. The number of sulfone groups is 1. The number of halogens is 3. The molecule has 1 aliphatic rings. The standard InChI is InChI=1S/C25H25F3N6O4S/c1-16-30-24(22-14-21(32-38-22)18-3-5-19(6-4-18)37-25(26,27)28)31-34(16)15-17-7-10-29-23(13-17)33-11-8-20(9-12-33)39(2,35)36/h3-7,10,13-14,20H,8-9,11-12,15H2,1-2H3. The predicted octanol–water partition coefficient (Wildman–Crippen LogP) is 4.26. The molecule has 3 aromatic heterocycles. The molecule has 1 saturated heterocycles. The van der Waals surface area contributed by atoms with E-state index >= 15 is 0 Å². The van der Waals surface area contributed by atoms with Crippen LogP contribution in [0.1, 0.15) is 24.2 Å². The number of benzene rings is 1. The molecule has 10 nitrogen and oxygen atoms in total. The molecular formula is C25H25F3N6O4S. The normalized spacial score (nSPS) is 15.1. The first-order valence-electron chi connectivity index (χ1n) is 12.1. The topological polar surface area (TPSA) is 116 Å². The molecule has 0 amide bonds. The molecule has 0 saturated carbocycles. The summed E-state index contributed by atoms with van der Waals surface area (Å²) in [5, 5.41) is 8.22. The lowest BCUT2D eigenvalue weighted by Gasteiger charge is -2.32. The minimum absolute atomic E-state index is 0.312. The number of rotatable bonds is 7. The van der Waals surface area contributed by atoms with Gasteiger partial charge >= 0.3 is 6.36 Å². The van der Waals surface area contributed by atoms with Crippen LogP contribution >= 0.6 is 0 Å². The van der Waals surface area contributed by atoms with Crippen LogP contribution in [0, 0.1) is 6.92 Å².